The van der Waals surface area contributed by atoms with Gasteiger partial charge in [-0.3, -0.25) is 4.79 Å². The van der Waals surface area contributed by atoms with Gasteiger partial charge in [0.15, 0.2) is 0 Å². The van der Waals surface area contributed by atoms with Gasteiger partial charge in [0.1, 0.15) is 5.75 Å². The second-order valence-electron chi connectivity index (χ2n) is 4.62. The average molecular weight is 266 g/mol. The summed E-state index contributed by atoms with van der Waals surface area (Å²) in [6.07, 6.45) is 3.62. The molecule has 0 unspecified atom stereocenters. The molecule has 0 radical (unpaired) electrons. The SMILES string of the molecule is O=C(NCc1cc[nH]c1)c1cc2ccccc2cc1O. The minimum absolute atomic E-state index is 0.00438. The third kappa shape index (κ3) is 2.36. The number of hydrogen-bond acceptors (Lipinski definition) is 2. The Bertz CT molecular complexity index is 748. The molecule has 0 saturated carbocycles. The number of amides is 1. The maximum absolute atomic E-state index is 12.1. The molecule has 0 saturated heterocycles. The molecule has 3 N–H and O–H groups in total. The van der Waals surface area contributed by atoms with Gasteiger partial charge in [-0.05, 0) is 34.5 Å². The van der Waals surface area contributed by atoms with Crippen molar-refractivity contribution in [3.8, 4) is 5.75 Å². The summed E-state index contributed by atoms with van der Waals surface area (Å²) in [7, 11) is 0. The monoisotopic (exact) mass is 266 g/mol. The summed E-state index contributed by atoms with van der Waals surface area (Å²) >= 11 is 0. The Labute approximate surface area is 116 Å². The molecule has 20 heavy (non-hydrogen) atoms. The van der Waals surface area contributed by atoms with Gasteiger partial charge in [0, 0.05) is 18.9 Å². The van der Waals surface area contributed by atoms with Crippen LogP contribution in [0.15, 0.2) is 54.9 Å². The Kier molecular flexibility index (Phi) is 3.13. The molecular formula is C16H14N2O2. The highest BCUT2D eigenvalue weighted by Crippen LogP contribution is 2.24. The third-order valence-electron chi connectivity index (χ3n) is 3.22. The Hall–Kier alpha value is -2.75. The predicted octanol–water partition coefficient (Wildman–Crippen LogP) is 2.80. The van der Waals surface area contributed by atoms with Crippen LogP contribution in [0.2, 0.25) is 0 Å². The van der Waals surface area contributed by atoms with E-state index in [0.29, 0.717) is 12.1 Å². The minimum atomic E-state index is -0.283. The standard InChI is InChI=1S/C16H14N2O2/c19-15-8-13-4-2-1-3-12(13)7-14(15)16(20)18-10-11-5-6-17-9-11/h1-9,17,19H,10H2,(H,18,20). The molecule has 4 heteroatoms. The Morgan fingerprint density at radius 1 is 1.15 bits per heavy atom. The van der Waals surface area contributed by atoms with Gasteiger partial charge in [-0.15, -0.1) is 0 Å². The highest BCUT2D eigenvalue weighted by Gasteiger charge is 2.12. The Morgan fingerprint density at radius 2 is 1.90 bits per heavy atom. The zero-order valence-electron chi connectivity index (χ0n) is 10.8. The first kappa shape index (κ1) is 12.3. The molecule has 0 aliphatic heterocycles. The summed E-state index contributed by atoms with van der Waals surface area (Å²) < 4.78 is 0. The average Bonchev–Trinajstić information content (AvgIpc) is 2.97. The lowest BCUT2D eigenvalue weighted by molar-refractivity contribution is 0.0948. The third-order valence-corrected chi connectivity index (χ3v) is 3.22. The van der Waals surface area contributed by atoms with E-state index >= 15 is 0 Å². The summed E-state index contributed by atoms with van der Waals surface area (Å²) in [5, 5.41) is 14.6. The molecule has 0 atom stereocenters. The number of phenolic OH excluding ortho intramolecular Hbond substituents is 1. The molecule has 100 valence electrons. The van der Waals surface area contributed by atoms with Crippen molar-refractivity contribution in [2.45, 2.75) is 6.54 Å². The van der Waals surface area contributed by atoms with E-state index in [1.54, 1.807) is 18.3 Å². The fraction of sp³-hybridized carbons (Fsp3) is 0.0625. The summed E-state index contributed by atoms with van der Waals surface area (Å²) in [5.74, 6) is -0.287. The summed E-state index contributed by atoms with van der Waals surface area (Å²) in [4.78, 5) is 15.1. The first-order valence-electron chi connectivity index (χ1n) is 6.35. The number of benzene rings is 2. The second kappa shape index (κ2) is 5.09. The van der Waals surface area contributed by atoms with Crippen LogP contribution in [0.4, 0.5) is 0 Å². The van der Waals surface area contributed by atoms with E-state index in [1.807, 2.05) is 36.5 Å². The van der Waals surface area contributed by atoms with Crippen LogP contribution in [0, 0.1) is 0 Å². The maximum Gasteiger partial charge on any atom is 0.255 e. The van der Waals surface area contributed by atoms with Crippen LogP contribution >= 0.6 is 0 Å². The number of aromatic amines is 1. The molecule has 0 spiro atoms. The summed E-state index contributed by atoms with van der Waals surface area (Å²) in [5.41, 5.74) is 1.28. The first-order valence-corrected chi connectivity index (χ1v) is 6.35. The van der Waals surface area contributed by atoms with E-state index in [2.05, 4.69) is 10.3 Å². The molecule has 4 nitrogen and oxygen atoms in total. The molecular weight excluding hydrogens is 252 g/mol. The fourth-order valence-electron chi connectivity index (χ4n) is 2.16. The molecule has 1 heterocycles. The van der Waals surface area contributed by atoms with Crippen molar-refractivity contribution >= 4 is 16.7 Å². The second-order valence-corrected chi connectivity index (χ2v) is 4.62. The Morgan fingerprint density at radius 3 is 2.60 bits per heavy atom. The molecule has 0 bridgehead atoms. The number of hydrogen-bond donors (Lipinski definition) is 3. The van der Waals surface area contributed by atoms with Gasteiger partial charge < -0.3 is 15.4 Å². The van der Waals surface area contributed by atoms with E-state index in [-0.39, 0.29) is 11.7 Å². The van der Waals surface area contributed by atoms with Gasteiger partial charge in [0.05, 0.1) is 5.56 Å². The van der Waals surface area contributed by atoms with Crippen LogP contribution in [0.5, 0.6) is 5.75 Å². The van der Waals surface area contributed by atoms with Gasteiger partial charge in [-0.2, -0.15) is 0 Å². The largest absolute Gasteiger partial charge is 0.507 e. The number of H-pyrrole nitrogens is 1. The van der Waals surface area contributed by atoms with E-state index in [1.165, 1.54) is 0 Å². The lowest BCUT2D eigenvalue weighted by Crippen LogP contribution is -2.22. The lowest BCUT2D eigenvalue weighted by atomic mass is 10.1. The quantitative estimate of drug-likeness (QED) is 0.682. The van der Waals surface area contributed by atoms with Gasteiger partial charge in [0.2, 0.25) is 0 Å². The highest BCUT2D eigenvalue weighted by atomic mass is 16.3. The van der Waals surface area contributed by atoms with Crippen LogP contribution in [0.3, 0.4) is 0 Å². The van der Waals surface area contributed by atoms with Gasteiger partial charge in [-0.1, -0.05) is 24.3 Å². The molecule has 3 aromatic rings. The van der Waals surface area contributed by atoms with Crippen LogP contribution < -0.4 is 5.32 Å². The highest BCUT2D eigenvalue weighted by molar-refractivity contribution is 6.01. The van der Waals surface area contributed by atoms with Gasteiger partial charge in [0.25, 0.3) is 5.91 Å². The van der Waals surface area contributed by atoms with E-state index < -0.39 is 0 Å². The number of aromatic hydroxyl groups is 1. The van der Waals surface area contributed by atoms with Crippen molar-refractivity contribution < 1.29 is 9.90 Å². The molecule has 2 aromatic carbocycles. The minimum Gasteiger partial charge on any atom is -0.507 e. The van der Waals surface area contributed by atoms with Crippen molar-refractivity contribution in [2.75, 3.05) is 0 Å². The Balaban J connectivity index is 1.85. The summed E-state index contributed by atoms with van der Waals surface area (Å²) in [6.45, 7) is 0.425. The van der Waals surface area contributed by atoms with Gasteiger partial charge in [-0.25, -0.2) is 0 Å². The zero-order chi connectivity index (χ0) is 13.9. The van der Waals surface area contributed by atoms with Crippen LogP contribution in [-0.2, 0) is 6.54 Å². The van der Waals surface area contributed by atoms with E-state index in [9.17, 15) is 9.90 Å². The fourth-order valence-corrected chi connectivity index (χ4v) is 2.16. The van der Waals surface area contributed by atoms with E-state index in [0.717, 1.165) is 16.3 Å². The molecule has 0 aliphatic rings. The number of nitrogens with one attached hydrogen (secondary N) is 2. The number of carbonyl (C=O) groups is 1. The van der Waals surface area contributed by atoms with Crippen LogP contribution in [0.25, 0.3) is 10.8 Å². The van der Waals surface area contributed by atoms with Crippen molar-refractivity contribution in [2.24, 2.45) is 0 Å². The molecule has 0 fully saturated rings. The van der Waals surface area contributed by atoms with Crippen molar-refractivity contribution in [1.29, 1.82) is 0 Å². The predicted molar refractivity (Wildman–Crippen MR) is 77.6 cm³/mol. The number of rotatable bonds is 3. The zero-order valence-corrected chi connectivity index (χ0v) is 10.8. The molecule has 0 aliphatic carbocycles. The summed E-state index contributed by atoms with van der Waals surface area (Å²) in [6, 6.07) is 12.8. The first-order chi connectivity index (χ1) is 9.74. The van der Waals surface area contributed by atoms with Crippen molar-refractivity contribution in [3.05, 3.63) is 66.0 Å². The van der Waals surface area contributed by atoms with Crippen molar-refractivity contribution in [3.63, 3.8) is 0 Å². The number of carbonyl (C=O) groups excluding carboxylic acids is 1. The normalized spacial score (nSPS) is 10.6. The van der Waals surface area contributed by atoms with E-state index in [4.69, 9.17) is 0 Å². The molecule has 3 rings (SSSR count). The van der Waals surface area contributed by atoms with Crippen LogP contribution in [-0.4, -0.2) is 16.0 Å². The number of fused-ring (bicyclic) bond motifs is 1. The number of aromatic nitrogens is 1. The molecule has 1 amide bonds. The topological polar surface area (TPSA) is 65.1 Å². The van der Waals surface area contributed by atoms with Gasteiger partial charge >= 0.3 is 0 Å². The maximum atomic E-state index is 12.1. The van der Waals surface area contributed by atoms with Crippen LogP contribution in [0.1, 0.15) is 15.9 Å². The smallest absolute Gasteiger partial charge is 0.255 e. The molecule has 1 aromatic heterocycles. The van der Waals surface area contributed by atoms with Crippen molar-refractivity contribution in [1.82, 2.24) is 10.3 Å². The lowest BCUT2D eigenvalue weighted by Gasteiger charge is -2.07. The number of phenols is 1.